The van der Waals surface area contributed by atoms with E-state index in [4.69, 9.17) is 5.73 Å². The van der Waals surface area contributed by atoms with E-state index >= 15 is 0 Å². The Morgan fingerprint density at radius 3 is 2.57 bits per heavy atom. The Bertz CT molecular complexity index is 634. The molecule has 0 aromatic heterocycles. The van der Waals surface area contributed by atoms with Crippen molar-refractivity contribution in [3.05, 3.63) is 53.6 Å². The summed E-state index contributed by atoms with van der Waals surface area (Å²) in [5.41, 5.74) is 6.47. The summed E-state index contributed by atoms with van der Waals surface area (Å²) >= 11 is 0. The van der Waals surface area contributed by atoms with E-state index in [-0.39, 0.29) is 17.9 Å². The van der Waals surface area contributed by atoms with E-state index < -0.39 is 24.0 Å². The average Bonchev–Trinajstić information content (AvgIpc) is 2.40. The van der Waals surface area contributed by atoms with Crippen LogP contribution in [0.15, 0.2) is 36.4 Å². The molecule has 3 N–H and O–H groups in total. The smallest absolute Gasteiger partial charge is 0.387 e. The van der Waals surface area contributed by atoms with Crippen molar-refractivity contribution in [2.45, 2.75) is 13.2 Å². The van der Waals surface area contributed by atoms with Gasteiger partial charge in [0.1, 0.15) is 5.82 Å². The first-order valence-corrected chi connectivity index (χ1v) is 5.98. The van der Waals surface area contributed by atoms with E-state index in [2.05, 4.69) is 10.1 Å². The molecule has 0 saturated heterocycles. The summed E-state index contributed by atoms with van der Waals surface area (Å²) in [6.07, 6.45) is 0. The molecule has 3 nitrogen and oxygen atoms in total. The lowest BCUT2D eigenvalue weighted by Gasteiger charge is -2.13. The monoisotopic (exact) mass is 300 g/mol. The molecule has 2 aromatic rings. The van der Waals surface area contributed by atoms with Crippen molar-refractivity contribution >= 4 is 11.4 Å². The van der Waals surface area contributed by atoms with Crippen molar-refractivity contribution in [1.82, 2.24) is 0 Å². The Hall–Kier alpha value is -2.44. The maximum absolute atomic E-state index is 13.4. The largest absolute Gasteiger partial charge is 0.432 e. The molecule has 2 aromatic carbocycles. The molecule has 7 heteroatoms. The summed E-state index contributed by atoms with van der Waals surface area (Å²) in [5, 5.41) is 2.81. The molecule has 2 rings (SSSR count). The minimum absolute atomic E-state index is 0.0329. The third-order valence-corrected chi connectivity index (χ3v) is 2.69. The number of hydrogen-bond acceptors (Lipinski definition) is 3. The van der Waals surface area contributed by atoms with Gasteiger partial charge in [-0.1, -0.05) is 12.1 Å². The fourth-order valence-electron chi connectivity index (χ4n) is 1.75. The predicted octanol–water partition coefficient (Wildman–Crippen LogP) is 3.76. The Morgan fingerprint density at radius 1 is 1.14 bits per heavy atom. The second-order valence-corrected chi connectivity index (χ2v) is 4.23. The SMILES string of the molecule is Nc1cc(F)c(OC(F)F)cc1NCc1cccc(F)c1. The lowest BCUT2D eigenvalue weighted by Crippen LogP contribution is -2.07. The van der Waals surface area contributed by atoms with Crippen LogP contribution in [0.25, 0.3) is 0 Å². The Kier molecular flexibility index (Phi) is 4.52. The van der Waals surface area contributed by atoms with Crippen molar-refractivity contribution in [3.63, 3.8) is 0 Å². The Balaban J connectivity index is 2.15. The van der Waals surface area contributed by atoms with Gasteiger partial charge < -0.3 is 15.8 Å². The predicted molar refractivity (Wildman–Crippen MR) is 71.2 cm³/mol. The van der Waals surface area contributed by atoms with Gasteiger partial charge in [-0.3, -0.25) is 0 Å². The fraction of sp³-hybridized carbons (Fsp3) is 0.143. The van der Waals surface area contributed by atoms with Gasteiger partial charge in [0.05, 0.1) is 11.4 Å². The summed E-state index contributed by atoms with van der Waals surface area (Å²) in [6, 6.07) is 7.73. The van der Waals surface area contributed by atoms with Crippen molar-refractivity contribution < 1.29 is 22.3 Å². The van der Waals surface area contributed by atoms with E-state index in [1.165, 1.54) is 18.2 Å². The number of benzene rings is 2. The highest BCUT2D eigenvalue weighted by Gasteiger charge is 2.13. The highest BCUT2D eigenvalue weighted by atomic mass is 19.3. The number of ether oxygens (including phenoxy) is 1. The van der Waals surface area contributed by atoms with Gasteiger partial charge >= 0.3 is 6.61 Å². The van der Waals surface area contributed by atoms with Gasteiger partial charge in [-0.15, -0.1) is 0 Å². The first kappa shape index (κ1) is 15.0. The fourth-order valence-corrected chi connectivity index (χ4v) is 1.75. The van der Waals surface area contributed by atoms with Gasteiger partial charge in [0.15, 0.2) is 11.6 Å². The van der Waals surface area contributed by atoms with Crippen LogP contribution in [-0.2, 0) is 6.54 Å². The molecule has 0 saturated carbocycles. The quantitative estimate of drug-likeness (QED) is 0.653. The van der Waals surface area contributed by atoms with Gasteiger partial charge in [-0.25, -0.2) is 8.78 Å². The number of alkyl halides is 2. The van der Waals surface area contributed by atoms with Gasteiger partial charge in [-0.05, 0) is 17.7 Å². The van der Waals surface area contributed by atoms with Gasteiger partial charge in [0, 0.05) is 18.7 Å². The molecular weight excluding hydrogens is 288 g/mol. The first-order chi connectivity index (χ1) is 9.95. The number of anilines is 2. The van der Waals surface area contributed by atoms with Gasteiger partial charge in [-0.2, -0.15) is 8.78 Å². The minimum atomic E-state index is -3.14. The van der Waals surface area contributed by atoms with Crippen LogP contribution in [0, 0.1) is 11.6 Å². The van der Waals surface area contributed by atoms with E-state index in [1.54, 1.807) is 6.07 Å². The zero-order chi connectivity index (χ0) is 15.4. The van der Waals surface area contributed by atoms with Crippen LogP contribution in [-0.4, -0.2) is 6.61 Å². The van der Waals surface area contributed by atoms with Crippen molar-refractivity contribution in [2.24, 2.45) is 0 Å². The molecule has 0 amide bonds. The van der Waals surface area contributed by atoms with Crippen molar-refractivity contribution in [3.8, 4) is 5.75 Å². The van der Waals surface area contributed by atoms with E-state index in [9.17, 15) is 17.6 Å². The number of nitrogen functional groups attached to an aromatic ring is 1. The van der Waals surface area contributed by atoms with Crippen molar-refractivity contribution in [1.29, 1.82) is 0 Å². The molecule has 21 heavy (non-hydrogen) atoms. The van der Waals surface area contributed by atoms with Gasteiger partial charge in [0.25, 0.3) is 0 Å². The van der Waals surface area contributed by atoms with Crippen LogP contribution >= 0.6 is 0 Å². The number of nitrogens with two attached hydrogens (primary N) is 1. The molecule has 0 bridgehead atoms. The number of hydrogen-bond donors (Lipinski definition) is 2. The molecule has 0 spiro atoms. The van der Waals surface area contributed by atoms with E-state index in [1.807, 2.05) is 0 Å². The lowest BCUT2D eigenvalue weighted by atomic mass is 10.2. The Morgan fingerprint density at radius 2 is 1.90 bits per heavy atom. The molecule has 112 valence electrons. The normalized spacial score (nSPS) is 10.7. The number of rotatable bonds is 5. The molecule has 0 unspecified atom stereocenters. The van der Waals surface area contributed by atoms with Crippen LogP contribution in [0.4, 0.5) is 28.9 Å². The maximum Gasteiger partial charge on any atom is 0.387 e. The number of halogens is 4. The third kappa shape index (κ3) is 4.01. The van der Waals surface area contributed by atoms with Crippen molar-refractivity contribution in [2.75, 3.05) is 11.1 Å². The summed E-state index contributed by atoms with van der Waals surface area (Å²) in [5.74, 6) is -1.99. The molecule has 0 heterocycles. The zero-order valence-corrected chi connectivity index (χ0v) is 10.7. The van der Waals surface area contributed by atoms with Crippen LogP contribution in [0.3, 0.4) is 0 Å². The summed E-state index contributed by atoms with van der Waals surface area (Å²) in [7, 11) is 0. The second kappa shape index (κ2) is 6.34. The first-order valence-electron chi connectivity index (χ1n) is 5.98. The number of nitrogens with one attached hydrogen (secondary N) is 1. The van der Waals surface area contributed by atoms with Crippen LogP contribution < -0.4 is 15.8 Å². The molecule has 0 aliphatic heterocycles. The Labute approximate surface area is 118 Å². The molecule has 0 radical (unpaired) electrons. The van der Waals surface area contributed by atoms with Gasteiger partial charge in [0.2, 0.25) is 0 Å². The zero-order valence-electron chi connectivity index (χ0n) is 10.7. The lowest BCUT2D eigenvalue weighted by molar-refractivity contribution is -0.0521. The molecule has 0 aliphatic carbocycles. The topological polar surface area (TPSA) is 47.3 Å². The highest BCUT2D eigenvalue weighted by molar-refractivity contribution is 5.68. The van der Waals surface area contributed by atoms with Crippen LogP contribution in [0.1, 0.15) is 5.56 Å². The highest BCUT2D eigenvalue weighted by Crippen LogP contribution is 2.29. The van der Waals surface area contributed by atoms with Crippen LogP contribution in [0.2, 0.25) is 0 Å². The summed E-state index contributed by atoms with van der Waals surface area (Å²) in [6.45, 7) is -2.94. The third-order valence-electron chi connectivity index (χ3n) is 2.69. The molecular formula is C14H12F4N2O. The van der Waals surface area contributed by atoms with E-state index in [0.717, 1.165) is 12.1 Å². The minimum Gasteiger partial charge on any atom is -0.432 e. The molecule has 0 fully saturated rings. The summed E-state index contributed by atoms with van der Waals surface area (Å²) in [4.78, 5) is 0. The molecule has 0 aliphatic rings. The summed E-state index contributed by atoms with van der Waals surface area (Å²) < 4.78 is 54.8. The van der Waals surface area contributed by atoms with Crippen LogP contribution in [0.5, 0.6) is 5.75 Å². The average molecular weight is 300 g/mol. The van der Waals surface area contributed by atoms with E-state index in [0.29, 0.717) is 5.56 Å². The molecule has 0 atom stereocenters. The maximum atomic E-state index is 13.4. The second-order valence-electron chi connectivity index (χ2n) is 4.23. The standard InChI is InChI=1S/C14H12F4N2O/c15-9-3-1-2-8(4-9)7-20-12-6-13(21-14(17)18)10(16)5-11(12)19/h1-6,14,20H,7,19H2.